The maximum Gasteiger partial charge on any atom is 0.316 e. The van der Waals surface area contributed by atoms with Gasteiger partial charge in [-0.25, -0.2) is 0 Å². The zero-order valence-electron chi connectivity index (χ0n) is 12.9. The van der Waals surface area contributed by atoms with Crippen molar-refractivity contribution >= 4 is 11.9 Å². The van der Waals surface area contributed by atoms with E-state index in [4.69, 9.17) is 9.47 Å². The summed E-state index contributed by atoms with van der Waals surface area (Å²) in [4.78, 5) is 23.6. The summed E-state index contributed by atoms with van der Waals surface area (Å²) < 4.78 is 10.5. The Hall–Kier alpha value is -1.84. The number of ether oxygens (including phenoxy) is 2. The Labute approximate surface area is 120 Å². The van der Waals surface area contributed by atoms with Gasteiger partial charge in [0.25, 0.3) is 0 Å². The van der Waals surface area contributed by atoms with Crippen molar-refractivity contribution in [1.29, 1.82) is 0 Å². The van der Waals surface area contributed by atoms with E-state index in [0.29, 0.717) is 11.5 Å². The molecule has 1 aromatic carbocycles. The molecule has 0 atom stereocenters. The molecule has 20 heavy (non-hydrogen) atoms. The molecule has 0 aliphatic rings. The Morgan fingerprint density at radius 2 is 1.20 bits per heavy atom. The molecular formula is C16H21O4. The summed E-state index contributed by atoms with van der Waals surface area (Å²) in [6, 6.07) is 7.34. The van der Waals surface area contributed by atoms with Crippen LogP contribution in [0.2, 0.25) is 0 Å². The number of rotatable bonds is 2. The molecule has 0 N–H and O–H groups in total. The summed E-state index contributed by atoms with van der Waals surface area (Å²) in [6.45, 7) is 10.6. The molecule has 0 saturated carbocycles. The van der Waals surface area contributed by atoms with Gasteiger partial charge in [0.1, 0.15) is 11.5 Å². The van der Waals surface area contributed by atoms with E-state index < -0.39 is 10.8 Å². The summed E-state index contributed by atoms with van der Waals surface area (Å²) in [5.41, 5.74) is -1.20. The Kier molecular flexibility index (Phi) is 4.58. The fourth-order valence-corrected chi connectivity index (χ4v) is 1.07. The van der Waals surface area contributed by atoms with E-state index in [1.807, 2.05) is 0 Å². The molecule has 0 fully saturated rings. The van der Waals surface area contributed by atoms with E-state index in [1.165, 1.54) is 18.2 Å². The maximum absolute atomic E-state index is 11.8. The second-order valence-electron chi connectivity index (χ2n) is 6.68. The topological polar surface area (TPSA) is 52.6 Å². The van der Waals surface area contributed by atoms with Gasteiger partial charge in [-0.15, -0.1) is 0 Å². The molecule has 1 aromatic rings. The lowest BCUT2D eigenvalue weighted by atomic mass is 9.97. The van der Waals surface area contributed by atoms with Crippen molar-refractivity contribution < 1.29 is 19.1 Å². The van der Waals surface area contributed by atoms with Crippen molar-refractivity contribution in [2.75, 3.05) is 0 Å². The Balaban J connectivity index is 2.82. The molecule has 0 aromatic heterocycles. The Morgan fingerprint density at radius 3 is 1.50 bits per heavy atom. The number of carbonyl (C=O) groups is 2. The quantitative estimate of drug-likeness (QED) is 0.614. The lowest BCUT2D eigenvalue weighted by Gasteiger charge is -2.18. The fourth-order valence-electron chi connectivity index (χ4n) is 1.07. The monoisotopic (exact) mass is 277 g/mol. The molecule has 109 valence electrons. The number of hydrogen-bond donors (Lipinski definition) is 0. The second kappa shape index (κ2) is 5.65. The molecule has 0 unspecified atom stereocenters. The standard InChI is InChI=1S/C16H21O4/c1-15(2,3)13(17)19-11-8-7-9-12(10-11)20-14(18)16(4,5)6/h8-10H,1-6H3. The van der Waals surface area contributed by atoms with Crippen LogP contribution in [0.3, 0.4) is 0 Å². The van der Waals surface area contributed by atoms with Gasteiger partial charge in [0.15, 0.2) is 0 Å². The maximum atomic E-state index is 11.8. The van der Waals surface area contributed by atoms with Crippen LogP contribution in [0.1, 0.15) is 41.5 Å². The first-order chi connectivity index (χ1) is 9.00. The van der Waals surface area contributed by atoms with Gasteiger partial charge in [-0.2, -0.15) is 0 Å². The highest BCUT2D eigenvalue weighted by atomic mass is 16.5. The highest BCUT2D eigenvalue weighted by molar-refractivity contribution is 5.79. The predicted molar refractivity (Wildman–Crippen MR) is 75.5 cm³/mol. The van der Waals surface area contributed by atoms with Crippen molar-refractivity contribution in [3.63, 3.8) is 0 Å². The zero-order chi connectivity index (χ0) is 15.6. The van der Waals surface area contributed by atoms with Crippen LogP contribution in [0.15, 0.2) is 18.2 Å². The van der Waals surface area contributed by atoms with Crippen molar-refractivity contribution in [2.45, 2.75) is 41.5 Å². The van der Waals surface area contributed by atoms with Gasteiger partial charge in [-0.3, -0.25) is 9.59 Å². The summed E-state index contributed by atoms with van der Waals surface area (Å²) in [7, 11) is 0. The largest absolute Gasteiger partial charge is 0.426 e. The number of hydrogen-bond acceptors (Lipinski definition) is 4. The normalized spacial score (nSPS) is 11.9. The van der Waals surface area contributed by atoms with E-state index >= 15 is 0 Å². The van der Waals surface area contributed by atoms with Gasteiger partial charge in [-0.1, -0.05) is 0 Å². The molecule has 0 spiro atoms. The zero-order valence-corrected chi connectivity index (χ0v) is 12.9. The van der Waals surface area contributed by atoms with Crippen molar-refractivity contribution in [3.05, 3.63) is 24.3 Å². The lowest BCUT2D eigenvalue weighted by molar-refractivity contribution is -0.143. The van der Waals surface area contributed by atoms with Gasteiger partial charge in [0.2, 0.25) is 0 Å². The van der Waals surface area contributed by atoms with E-state index in [2.05, 4.69) is 6.07 Å². The first-order valence-corrected chi connectivity index (χ1v) is 6.46. The molecule has 4 heteroatoms. The van der Waals surface area contributed by atoms with Crippen molar-refractivity contribution in [1.82, 2.24) is 0 Å². The molecule has 4 nitrogen and oxygen atoms in total. The first-order valence-electron chi connectivity index (χ1n) is 6.46. The van der Waals surface area contributed by atoms with Gasteiger partial charge >= 0.3 is 11.9 Å². The van der Waals surface area contributed by atoms with Gasteiger partial charge in [-0.05, 0) is 59.7 Å². The minimum absolute atomic E-state index is 0.309. The van der Waals surface area contributed by atoms with Crippen LogP contribution in [0.5, 0.6) is 11.5 Å². The minimum atomic E-state index is -0.599. The number of esters is 2. The van der Waals surface area contributed by atoms with Crippen molar-refractivity contribution in [3.8, 4) is 11.5 Å². The predicted octanol–water partition coefficient (Wildman–Crippen LogP) is 3.39. The molecule has 1 radical (unpaired) electrons. The minimum Gasteiger partial charge on any atom is -0.426 e. The van der Waals surface area contributed by atoms with Crippen LogP contribution in [0.4, 0.5) is 0 Å². The average Bonchev–Trinajstić information content (AvgIpc) is 2.26. The second-order valence-corrected chi connectivity index (χ2v) is 6.68. The van der Waals surface area contributed by atoms with E-state index in [0.717, 1.165) is 0 Å². The van der Waals surface area contributed by atoms with E-state index in [1.54, 1.807) is 41.5 Å². The van der Waals surface area contributed by atoms with E-state index in [9.17, 15) is 9.59 Å². The molecule has 0 bridgehead atoms. The van der Waals surface area contributed by atoms with Crippen LogP contribution in [-0.2, 0) is 9.59 Å². The van der Waals surface area contributed by atoms with Gasteiger partial charge < -0.3 is 9.47 Å². The number of carbonyl (C=O) groups excluding carboxylic acids is 2. The van der Waals surface area contributed by atoms with Crippen LogP contribution in [0, 0.1) is 16.9 Å². The molecule has 0 heterocycles. The highest BCUT2D eigenvalue weighted by Gasteiger charge is 2.25. The fraction of sp³-hybridized carbons (Fsp3) is 0.500. The average molecular weight is 277 g/mol. The molecule has 0 aliphatic heterocycles. The summed E-state index contributed by atoms with van der Waals surface area (Å²) in [5.74, 6) is -0.0938. The third-order valence-corrected chi connectivity index (χ3v) is 2.38. The van der Waals surface area contributed by atoms with Crippen LogP contribution >= 0.6 is 0 Å². The number of benzene rings is 1. The first kappa shape index (κ1) is 16.2. The summed E-state index contributed by atoms with van der Waals surface area (Å²) in [6.07, 6.45) is 0. The van der Waals surface area contributed by atoms with Gasteiger partial charge in [0.05, 0.1) is 10.8 Å². The van der Waals surface area contributed by atoms with Crippen LogP contribution in [0.25, 0.3) is 0 Å². The highest BCUT2D eigenvalue weighted by Crippen LogP contribution is 2.25. The smallest absolute Gasteiger partial charge is 0.316 e. The van der Waals surface area contributed by atoms with E-state index in [-0.39, 0.29) is 11.9 Å². The van der Waals surface area contributed by atoms with Crippen LogP contribution in [-0.4, -0.2) is 11.9 Å². The lowest BCUT2D eigenvalue weighted by Crippen LogP contribution is -2.26. The Bertz CT molecular complexity index is 461. The SMILES string of the molecule is CC(C)(C)C(=O)Oc1c[c]cc(OC(=O)C(C)(C)C)c1. The third kappa shape index (κ3) is 4.68. The van der Waals surface area contributed by atoms with Crippen molar-refractivity contribution in [2.24, 2.45) is 10.8 Å². The summed E-state index contributed by atoms with van der Waals surface area (Å²) in [5, 5.41) is 0. The molecule has 1 rings (SSSR count). The third-order valence-electron chi connectivity index (χ3n) is 2.38. The molecule has 0 saturated heterocycles. The van der Waals surface area contributed by atoms with Crippen LogP contribution < -0.4 is 9.47 Å². The molecular weight excluding hydrogens is 256 g/mol. The molecule has 0 aliphatic carbocycles. The molecule has 0 amide bonds. The Morgan fingerprint density at radius 1 is 0.850 bits per heavy atom. The summed E-state index contributed by atoms with van der Waals surface area (Å²) >= 11 is 0. The van der Waals surface area contributed by atoms with Gasteiger partial charge in [0, 0.05) is 6.07 Å².